The Kier molecular flexibility index (Phi) is 3.28. The quantitative estimate of drug-likeness (QED) is 0.871. The van der Waals surface area contributed by atoms with Crippen molar-refractivity contribution < 1.29 is 9.90 Å². The third-order valence-corrected chi connectivity index (χ3v) is 4.96. The first-order valence-electron chi connectivity index (χ1n) is 8.19. The Morgan fingerprint density at radius 1 is 1.24 bits per heavy atom. The summed E-state index contributed by atoms with van der Waals surface area (Å²) >= 11 is 0. The van der Waals surface area contributed by atoms with Crippen molar-refractivity contribution in [2.45, 2.75) is 25.9 Å². The maximum absolute atomic E-state index is 12.9. The van der Waals surface area contributed by atoms with Gasteiger partial charge < -0.3 is 10.0 Å². The summed E-state index contributed by atoms with van der Waals surface area (Å²) in [6.07, 6.45) is 0.303. The van der Waals surface area contributed by atoms with Crippen LogP contribution in [-0.4, -0.2) is 28.9 Å². The fourth-order valence-corrected chi connectivity index (χ4v) is 3.54. The Morgan fingerprint density at radius 3 is 2.76 bits per heavy atom. The zero-order valence-electron chi connectivity index (χ0n) is 14.1. The molecular formula is C20H17N3O2. The van der Waals surface area contributed by atoms with Crippen LogP contribution >= 0.6 is 0 Å². The highest BCUT2D eigenvalue weighted by molar-refractivity contribution is 6.28. The molecule has 1 N–H and O–H groups in total. The Bertz CT molecular complexity index is 987. The number of carbonyl (C=O) groups is 1. The summed E-state index contributed by atoms with van der Waals surface area (Å²) < 4.78 is 0. The molecular weight excluding hydrogens is 314 g/mol. The number of hydrogen-bond acceptors (Lipinski definition) is 5. The number of amidine groups is 1. The number of anilines is 1. The zero-order valence-corrected chi connectivity index (χ0v) is 14.1. The average molecular weight is 331 g/mol. The van der Waals surface area contributed by atoms with Crippen LogP contribution in [0.2, 0.25) is 0 Å². The van der Waals surface area contributed by atoms with Gasteiger partial charge in [-0.1, -0.05) is 11.6 Å². The van der Waals surface area contributed by atoms with Crippen molar-refractivity contribution in [1.82, 2.24) is 0 Å². The molecule has 2 heterocycles. The highest BCUT2D eigenvalue weighted by atomic mass is 16.3. The second-order valence-corrected chi connectivity index (χ2v) is 6.66. The van der Waals surface area contributed by atoms with E-state index in [1.807, 2.05) is 43.0 Å². The van der Waals surface area contributed by atoms with E-state index < -0.39 is 5.60 Å². The molecule has 0 aromatic heterocycles. The van der Waals surface area contributed by atoms with Gasteiger partial charge in [0.1, 0.15) is 5.84 Å². The molecule has 0 bridgehead atoms. The van der Waals surface area contributed by atoms with Crippen LogP contribution in [0, 0.1) is 25.2 Å². The topological polar surface area (TPSA) is 76.7 Å². The Morgan fingerprint density at radius 2 is 2.04 bits per heavy atom. The summed E-state index contributed by atoms with van der Waals surface area (Å²) in [4.78, 5) is 19.4. The molecule has 0 aliphatic carbocycles. The van der Waals surface area contributed by atoms with E-state index in [1.165, 1.54) is 0 Å². The number of nitrogens with zero attached hydrogens (tertiary/aromatic N) is 3. The molecule has 25 heavy (non-hydrogen) atoms. The van der Waals surface area contributed by atoms with E-state index in [-0.39, 0.29) is 5.78 Å². The van der Waals surface area contributed by atoms with Crippen LogP contribution in [0.25, 0.3) is 0 Å². The maximum atomic E-state index is 12.9. The van der Waals surface area contributed by atoms with Gasteiger partial charge in [0.25, 0.3) is 0 Å². The second kappa shape index (κ2) is 5.27. The zero-order chi connectivity index (χ0) is 17.8. The first kappa shape index (κ1) is 15.6. The largest absolute Gasteiger partial charge is 0.374 e. The van der Waals surface area contributed by atoms with E-state index in [9.17, 15) is 9.90 Å². The fraction of sp³-hybridized carbons (Fsp3) is 0.250. The van der Waals surface area contributed by atoms with Gasteiger partial charge >= 0.3 is 0 Å². The molecule has 0 unspecified atom stereocenters. The van der Waals surface area contributed by atoms with Crippen molar-refractivity contribution in [3.05, 3.63) is 58.7 Å². The van der Waals surface area contributed by atoms with Gasteiger partial charge in [0.2, 0.25) is 5.78 Å². The van der Waals surface area contributed by atoms with Crippen LogP contribution in [-0.2, 0) is 0 Å². The molecule has 2 aliphatic rings. The fourth-order valence-electron chi connectivity index (χ4n) is 3.54. The third-order valence-electron chi connectivity index (χ3n) is 4.96. The van der Waals surface area contributed by atoms with Crippen molar-refractivity contribution in [1.29, 1.82) is 5.26 Å². The lowest BCUT2D eigenvalue weighted by Gasteiger charge is -2.30. The number of ketones is 1. The summed E-state index contributed by atoms with van der Waals surface area (Å²) in [6.45, 7) is 4.28. The minimum atomic E-state index is -1.58. The van der Waals surface area contributed by atoms with Crippen molar-refractivity contribution in [3.63, 3.8) is 0 Å². The molecule has 0 radical (unpaired) electrons. The van der Waals surface area contributed by atoms with Gasteiger partial charge in [-0.3, -0.25) is 4.79 Å². The molecule has 0 amide bonds. The molecule has 5 heteroatoms. The normalized spacial score (nSPS) is 21.4. The van der Waals surface area contributed by atoms with Crippen molar-refractivity contribution in [3.8, 4) is 6.07 Å². The van der Waals surface area contributed by atoms with E-state index >= 15 is 0 Å². The van der Waals surface area contributed by atoms with Gasteiger partial charge in [-0.25, -0.2) is 4.99 Å². The number of nitriles is 1. The Labute approximate surface area is 145 Å². The summed E-state index contributed by atoms with van der Waals surface area (Å²) in [6, 6.07) is 13.1. The van der Waals surface area contributed by atoms with Gasteiger partial charge in [0.05, 0.1) is 17.3 Å². The molecule has 0 spiro atoms. The van der Waals surface area contributed by atoms with E-state index in [4.69, 9.17) is 5.26 Å². The van der Waals surface area contributed by atoms with Crippen molar-refractivity contribution in [2.75, 3.05) is 11.4 Å². The molecule has 2 aromatic rings. The van der Waals surface area contributed by atoms with E-state index in [1.54, 1.807) is 12.1 Å². The van der Waals surface area contributed by atoms with Crippen LogP contribution in [0.15, 0.2) is 41.4 Å². The number of aliphatic imine (C=N–C) groups is 1. The van der Waals surface area contributed by atoms with Gasteiger partial charge in [0, 0.05) is 24.2 Å². The number of fused-ring (bicyclic) bond motifs is 2. The standard InChI is InChI=1S/C20H17N3O2/c1-12-3-6-17-16(9-12)18(24)20(25)7-8-23(19(20)22-17)15-5-4-14(11-21)13(2)10-15/h3-6,9-10,25H,7-8H2,1-2H3/t20-/m1/s1. The lowest BCUT2D eigenvalue weighted by atomic mass is 9.87. The van der Waals surface area contributed by atoms with Gasteiger partial charge in [-0.15, -0.1) is 0 Å². The molecule has 2 aromatic carbocycles. The van der Waals surface area contributed by atoms with Crippen molar-refractivity contribution in [2.24, 2.45) is 4.99 Å². The highest BCUT2D eigenvalue weighted by Gasteiger charge is 2.52. The predicted octanol–water partition coefficient (Wildman–Crippen LogP) is 3.04. The number of Topliss-reactive ketones (excluding diaryl/α,β-unsaturated/α-hetero) is 1. The smallest absolute Gasteiger partial charge is 0.204 e. The molecule has 1 fully saturated rings. The predicted molar refractivity (Wildman–Crippen MR) is 95.4 cm³/mol. The van der Waals surface area contributed by atoms with Crippen LogP contribution in [0.5, 0.6) is 0 Å². The average Bonchev–Trinajstić information content (AvgIpc) is 2.94. The first-order chi connectivity index (χ1) is 11.9. The van der Waals surface area contributed by atoms with Crippen LogP contribution in [0.1, 0.15) is 33.5 Å². The number of aryl methyl sites for hydroxylation is 2. The molecule has 2 aliphatic heterocycles. The number of rotatable bonds is 1. The van der Waals surface area contributed by atoms with E-state index in [2.05, 4.69) is 11.1 Å². The van der Waals surface area contributed by atoms with E-state index in [0.717, 1.165) is 16.8 Å². The Hall–Kier alpha value is -2.97. The summed E-state index contributed by atoms with van der Waals surface area (Å²) in [5, 5.41) is 20.1. The number of aliphatic hydroxyl groups is 1. The third kappa shape index (κ3) is 2.19. The summed E-state index contributed by atoms with van der Waals surface area (Å²) in [5.41, 5.74) is 2.75. The minimum Gasteiger partial charge on any atom is -0.374 e. The first-order valence-corrected chi connectivity index (χ1v) is 8.19. The molecule has 1 atom stereocenters. The van der Waals surface area contributed by atoms with Crippen LogP contribution < -0.4 is 4.90 Å². The van der Waals surface area contributed by atoms with Gasteiger partial charge in [-0.2, -0.15) is 5.26 Å². The molecule has 0 saturated carbocycles. The molecule has 1 saturated heterocycles. The molecule has 124 valence electrons. The van der Waals surface area contributed by atoms with Gasteiger partial charge in [0.15, 0.2) is 5.60 Å². The van der Waals surface area contributed by atoms with Gasteiger partial charge in [-0.05, 0) is 49.7 Å². The second-order valence-electron chi connectivity index (χ2n) is 6.66. The van der Waals surface area contributed by atoms with Crippen LogP contribution in [0.4, 0.5) is 11.4 Å². The highest BCUT2D eigenvalue weighted by Crippen LogP contribution is 2.39. The summed E-state index contributed by atoms with van der Waals surface area (Å²) in [7, 11) is 0. The molecule has 4 rings (SSSR count). The maximum Gasteiger partial charge on any atom is 0.204 e. The number of hydrogen-bond donors (Lipinski definition) is 1. The SMILES string of the molecule is Cc1ccc2c(c1)C(=O)[C@]1(O)CCN(c3ccc(C#N)c(C)c3)C1=N2. The Balaban J connectivity index is 1.84. The van der Waals surface area contributed by atoms with Crippen molar-refractivity contribution >= 4 is 23.0 Å². The monoisotopic (exact) mass is 331 g/mol. The summed E-state index contributed by atoms with van der Waals surface area (Å²) in [5.74, 6) is 0.0852. The number of benzene rings is 2. The lowest BCUT2D eigenvalue weighted by Crippen LogP contribution is -2.48. The minimum absolute atomic E-state index is 0.288. The van der Waals surface area contributed by atoms with Crippen LogP contribution in [0.3, 0.4) is 0 Å². The number of carbonyl (C=O) groups excluding carboxylic acids is 1. The molecule has 5 nitrogen and oxygen atoms in total. The van der Waals surface area contributed by atoms with E-state index in [0.29, 0.717) is 35.6 Å². The lowest BCUT2D eigenvalue weighted by molar-refractivity contribution is 0.0602.